The molecule has 0 bridgehead atoms. The normalized spacial score (nSPS) is 13.5. The third-order valence-electron chi connectivity index (χ3n) is 3.63. The van der Waals surface area contributed by atoms with Crippen LogP contribution in [0.15, 0.2) is 0 Å². The molecule has 0 aromatic heterocycles. The van der Waals surface area contributed by atoms with Crippen molar-refractivity contribution in [1.29, 1.82) is 0 Å². The number of nitrogens with two attached hydrogens (primary N) is 1. The average Bonchev–Trinajstić information content (AvgIpc) is 2.50. The molecule has 6 heteroatoms. The number of unbranched alkanes of at least 4 members (excludes halogenated alkanes) is 2. The molecular formula is C16H38N2O3Si. The van der Waals surface area contributed by atoms with Crippen LogP contribution in [0.2, 0.25) is 6.04 Å². The lowest BCUT2D eigenvalue weighted by Crippen LogP contribution is -2.47. The van der Waals surface area contributed by atoms with E-state index in [1.54, 1.807) is 0 Å². The Hall–Kier alpha value is 0.0169. The SMILES string of the molecule is CCCCCC(CC[Si](OCC)(OCC)OCC)NCCN. The second kappa shape index (κ2) is 14.6. The zero-order valence-corrected chi connectivity index (χ0v) is 16.2. The molecule has 0 aliphatic heterocycles. The first-order chi connectivity index (χ1) is 10.7. The van der Waals surface area contributed by atoms with Crippen LogP contribution in [0.3, 0.4) is 0 Å². The highest BCUT2D eigenvalue weighted by Gasteiger charge is 2.40. The van der Waals surface area contributed by atoms with Gasteiger partial charge in [0, 0.05) is 45.0 Å². The van der Waals surface area contributed by atoms with Gasteiger partial charge in [0.1, 0.15) is 0 Å². The molecule has 0 heterocycles. The summed E-state index contributed by atoms with van der Waals surface area (Å²) in [6.45, 7) is 11.7. The predicted molar refractivity (Wildman–Crippen MR) is 95.0 cm³/mol. The zero-order chi connectivity index (χ0) is 16.7. The summed E-state index contributed by atoms with van der Waals surface area (Å²) in [6, 6.07) is 1.35. The predicted octanol–water partition coefficient (Wildman–Crippen LogP) is 2.92. The molecule has 22 heavy (non-hydrogen) atoms. The maximum atomic E-state index is 5.93. The highest BCUT2D eigenvalue weighted by molar-refractivity contribution is 6.60. The molecule has 0 fully saturated rings. The van der Waals surface area contributed by atoms with Crippen LogP contribution in [0.25, 0.3) is 0 Å². The molecule has 0 aromatic rings. The lowest BCUT2D eigenvalue weighted by Gasteiger charge is -2.30. The van der Waals surface area contributed by atoms with Crippen LogP contribution in [0, 0.1) is 0 Å². The molecule has 0 saturated heterocycles. The van der Waals surface area contributed by atoms with Gasteiger partial charge in [-0.25, -0.2) is 0 Å². The van der Waals surface area contributed by atoms with Gasteiger partial charge in [0.2, 0.25) is 0 Å². The largest absolute Gasteiger partial charge is 0.500 e. The molecule has 1 atom stereocenters. The standard InChI is InChI=1S/C16H38N2O3Si/c1-5-9-10-11-16(18-14-13-17)12-15-22(19-6-2,20-7-3)21-8-4/h16,18H,5-15,17H2,1-4H3. The molecule has 0 aromatic carbocycles. The summed E-state index contributed by atoms with van der Waals surface area (Å²) in [5.74, 6) is 0. The summed E-state index contributed by atoms with van der Waals surface area (Å²) < 4.78 is 17.8. The molecular weight excluding hydrogens is 296 g/mol. The van der Waals surface area contributed by atoms with Crippen LogP contribution in [0.4, 0.5) is 0 Å². The second-order valence-corrected chi connectivity index (χ2v) is 8.19. The Kier molecular flexibility index (Phi) is 14.6. The van der Waals surface area contributed by atoms with E-state index in [-0.39, 0.29) is 0 Å². The Labute approximate surface area is 138 Å². The van der Waals surface area contributed by atoms with Gasteiger partial charge >= 0.3 is 8.80 Å². The first-order valence-electron chi connectivity index (χ1n) is 9.03. The molecule has 0 aliphatic carbocycles. The van der Waals surface area contributed by atoms with E-state index in [1.807, 2.05) is 20.8 Å². The Morgan fingerprint density at radius 3 is 1.95 bits per heavy atom. The van der Waals surface area contributed by atoms with Crippen molar-refractivity contribution < 1.29 is 13.3 Å². The fourth-order valence-corrected chi connectivity index (χ4v) is 5.33. The van der Waals surface area contributed by atoms with Gasteiger partial charge < -0.3 is 24.3 Å². The van der Waals surface area contributed by atoms with Crippen molar-refractivity contribution in [1.82, 2.24) is 5.32 Å². The summed E-state index contributed by atoms with van der Waals surface area (Å²) in [4.78, 5) is 0. The Bertz CT molecular complexity index is 228. The fourth-order valence-electron chi connectivity index (χ4n) is 2.63. The maximum Gasteiger partial charge on any atom is 0.500 e. The van der Waals surface area contributed by atoms with Gasteiger partial charge in [-0.2, -0.15) is 0 Å². The number of nitrogens with one attached hydrogen (secondary N) is 1. The van der Waals surface area contributed by atoms with Gasteiger partial charge in [-0.3, -0.25) is 0 Å². The highest BCUT2D eigenvalue weighted by Crippen LogP contribution is 2.21. The number of hydrogen-bond acceptors (Lipinski definition) is 5. The quantitative estimate of drug-likeness (QED) is 0.336. The van der Waals surface area contributed by atoms with E-state index in [4.69, 9.17) is 19.0 Å². The van der Waals surface area contributed by atoms with Crippen LogP contribution in [-0.2, 0) is 13.3 Å². The van der Waals surface area contributed by atoms with E-state index in [9.17, 15) is 0 Å². The van der Waals surface area contributed by atoms with Crippen molar-refractivity contribution in [2.45, 2.75) is 71.9 Å². The molecule has 0 spiro atoms. The first-order valence-corrected chi connectivity index (χ1v) is 11.0. The zero-order valence-electron chi connectivity index (χ0n) is 15.2. The lowest BCUT2D eigenvalue weighted by atomic mass is 10.1. The summed E-state index contributed by atoms with van der Waals surface area (Å²) in [5.41, 5.74) is 5.63. The van der Waals surface area contributed by atoms with Crippen LogP contribution in [0.5, 0.6) is 0 Å². The molecule has 0 radical (unpaired) electrons. The van der Waals surface area contributed by atoms with Gasteiger partial charge in [0.15, 0.2) is 0 Å². The van der Waals surface area contributed by atoms with Crippen LogP contribution < -0.4 is 11.1 Å². The van der Waals surface area contributed by atoms with E-state index >= 15 is 0 Å². The van der Waals surface area contributed by atoms with Gasteiger partial charge in [-0.05, 0) is 33.6 Å². The van der Waals surface area contributed by atoms with Crippen molar-refractivity contribution in [3.63, 3.8) is 0 Å². The Balaban J connectivity index is 4.54. The highest BCUT2D eigenvalue weighted by atomic mass is 28.4. The molecule has 5 nitrogen and oxygen atoms in total. The molecule has 0 aliphatic rings. The smallest absolute Gasteiger partial charge is 0.374 e. The van der Waals surface area contributed by atoms with Gasteiger partial charge in [0.05, 0.1) is 0 Å². The summed E-state index contributed by atoms with van der Waals surface area (Å²) >= 11 is 0. The average molecular weight is 335 g/mol. The molecule has 1 unspecified atom stereocenters. The van der Waals surface area contributed by atoms with Crippen molar-refractivity contribution in [3.8, 4) is 0 Å². The van der Waals surface area contributed by atoms with E-state index in [2.05, 4.69) is 12.2 Å². The summed E-state index contributed by atoms with van der Waals surface area (Å²) in [6.07, 6.45) is 5.99. The minimum absolute atomic E-state index is 0.475. The van der Waals surface area contributed by atoms with Crippen molar-refractivity contribution >= 4 is 8.80 Å². The fraction of sp³-hybridized carbons (Fsp3) is 1.00. The number of rotatable bonds is 16. The van der Waals surface area contributed by atoms with Crippen molar-refractivity contribution in [3.05, 3.63) is 0 Å². The third kappa shape index (κ3) is 9.92. The van der Waals surface area contributed by atoms with Crippen LogP contribution in [0.1, 0.15) is 59.8 Å². The van der Waals surface area contributed by atoms with Crippen LogP contribution >= 0.6 is 0 Å². The Morgan fingerprint density at radius 1 is 0.909 bits per heavy atom. The van der Waals surface area contributed by atoms with E-state index < -0.39 is 8.80 Å². The minimum atomic E-state index is -2.52. The van der Waals surface area contributed by atoms with E-state index in [1.165, 1.54) is 25.7 Å². The van der Waals surface area contributed by atoms with Gasteiger partial charge in [-0.15, -0.1) is 0 Å². The first kappa shape index (κ1) is 22.0. The summed E-state index contributed by atoms with van der Waals surface area (Å²) in [5, 5.41) is 3.56. The van der Waals surface area contributed by atoms with Crippen molar-refractivity contribution in [2.24, 2.45) is 5.73 Å². The lowest BCUT2D eigenvalue weighted by molar-refractivity contribution is 0.0699. The third-order valence-corrected chi connectivity index (χ3v) is 6.71. The second-order valence-electron chi connectivity index (χ2n) is 5.46. The van der Waals surface area contributed by atoms with Gasteiger partial charge in [-0.1, -0.05) is 26.2 Å². The summed E-state index contributed by atoms with van der Waals surface area (Å²) in [7, 11) is -2.52. The van der Waals surface area contributed by atoms with Crippen molar-refractivity contribution in [2.75, 3.05) is 32.9 Å². The Morgan fingerprint density at radius 2 is 1.50 bits per heavy atom. The maximum absolute atomic E-state index is 5.93. The molecule has 3 N–H and O–H groups in total. The topological polar surface area (TPSA) is 65.7 Å². The van der Waals surface area contributed by atoms with E-state index in [0.717, 1.165) is 19.0 Å². The molecule has 0 rings (SSSR count). The molecule has 0 amide bonds. The van der Waals surface area contributed by atoms with E-state index in [0.29, 0.717) is 32.4 Å². The molecule has 0 saturated carbocycles. The van der Waals surface area contributed by atoms with Gasteiger partial charge in [0.25, 0.3) is 0 Å². The minimum Gasteiger partial charge on any atom is -0.374 e. The molecule has 134 valence electrons. The monoisotopic (exact) mass is 334 g/mol. The number of hydrogen-bond donors (Lipinski definition) is 2. The van der Waals surface area contributed by atoms with Crippen LogP contribution in [-0.4, -0.2) is 47.8 Å².